The zero-order chi connectivity index (χ0) is 23.3. The van der Waals surface area contributed by atoms with Crippen LogP contribution in [0.15, 0.2) is 0 Å². The molecule has 0 aliphatic heterocycles. The Labute approximate surface area is 161 Å². The minimum atomic E-state index is -5.67. The number of carbonyl (C=O) groups excluding carboxylic acids is 1. The van der Waals surface area contributed by atoms with Gasteiger partial charge in [0.2, 0.25) is 0 Å². The summed E-state index contributed by atoms with van der Waals surface area (Å²) in [5, 5.41) is 0. The van der Waals surface area contributed by atoms with Crippen LogP contribution in [0.1, 0.15) is 0 Å². The molecule has 22 heteroatoms. The van der Waals surface area contributed by atoms with Crippen LogP contribution in [0.3, 0.4) is 0 Å². The van der Waals surface area contributed by atoms with Crippen LogP contribution < -0.4 is 0 Å². The average Bonchev–Trinajstić information content (AvgIpc) is 2.45. The second kappa shape index (κ2) is 11.1. The lowest BCUT2D eigenvalue weighted by atomic mass is 10.0. The van der Waals surface area contributed by atoms with Crippen molar-refractivity contribution in [3.63, 3.8) is 0 Å². The van der Waals surface area contributed by atoms with E-state index in [4.69, 9.17) is 39.1 Å². The zero-order valence-electron chi connectivity index (χ0n) is 14.0. The fourth-order valence-electron chi connectivity index (χ4n) is 1.76. The third kappa shape index (κ3) is 13.9. The maximum absolute atomic E-state index is 11.2. The molecule has 8 N–H and O–H groups in total. The minimum absolute atomic E-state index is 0.186. The van der Waals surface area contributed by atoms with Crippen molar-refractivity contribution in [1.82, 2.24) is 0 Å². The molecule has 0 saturated carbocycles. The largest absolute Gasteiger partial charge is 0.470 e. The number of phosphoric acid groups is 4. The van der Waals surface area contributed by atoms with Crippen molar-refractivity contribution in [2.45, 2.75) is 24.4 Å². The van der Waals surface area contributed by atoms with Crippen LogP contribution in [0.5, 0.6) is 0 Å². The number of rotatable bonds is 14. The highest BCUT2D eigenvalue weighted by Gasteiger charge is 2.47. The van der Waals surface area contributed by atoms with Gasteiger partial charge in [0.15, 0.2) is 6.29 Å². The lowest BCUT2D eigenvalue weighted by Crippen LogP contribution is -2.50. The quantitative estimate of drug-likeness (QED) is 0.0896. The Bertz CT molecular complexity index is 712. The second-order valence-electron chi connectivity index (χ2n) is 4.88. The molecule has 0 aliphatic carbocycles. The number of phosphoric ester groups is 4. The van der Waals surface area contributed by atoms with Gasteiger partial charge in [-0.2, -0.15) is 0 Å². The summed E-state index contributed by atoms with van der Waals surface area (Å²) in [5.41, 5.74) is 0. The van der Waals surface area contributed by atoms with Crippen LogP contribution in [0.2, 0.25) is 0 Å². The number of hydrogen-bond donors (Lipinski definition) is 8. The van der Waals surface area contributed by atoms with E-state index in [1.165, 1.54) is 0 Å². The molecule has 0 aromatic heterocycles. The first kappa shape index (κ1) is 29.1. The average molecular weight is 514 g/mol. The molecule has 0 amide bonds. The van der Waals surface area contributed by atoms with Crippen molar-refractivity contribution in [2.24, 2.45) is 0 Å². The summed E-state index contributed by atoms with van der Waals surface area (Å²) in [6, 6.07) is 0. The zero-order valence-corrected chi connectivity index (χ0v) is 17.6. The summed E-state index contributed by atoms with van der Waals surface area (Å²) in [6.45, 7) is -1.56. The van der Waals surface area contributed by atoms with Gasteiger partial charge in [-0.05, 0) is 0 Å². The van der Waals surface area contributed by atoms with E-state index in [0.717, 1.165) is 7.11 Å². The van der Waals surface area contributed by atoms with Crippen molar-refractivity contribution >= 4 is 37.6 Å². The Morgan fingerprint density at radius 2 is 1.14 bits per heavy atom. The molecule has 0 unspecified atom stereocenters. The SMILES string of the molecule is CO[C@H](C=O)[C@@H](OP(=O)(O)O)[C@H](OP(=O)(O)O)[C@@H](COP(=O)(O)O)OP(=O)(O)O. The van der Waals surface area contributed by atoms with Crippen LogP contribution in [-0.4, -0.2) is 83.6 Å². The van der Waals surface area contributed by atoms with Gasteiger partial charge in [0.1, 0.15) is 24.4 Å². The molecule has 0 aromatic rings. The fourth-order valence-corrected chi connectivity index (χ4v) is 3.77. The highest BCUT2D eigenvalue weighted by atomic mass is 31.2. The fraction of sp³-hybridized carbons (Fsp3) is 0.857. The Balaban J connectivity index is 6.37. The summed E-state index contributed by atoms with van der Waals surface area (Å²) >= 11 is 0. The van der Waals surface area contributed by atoms with E-state index in [0.29, 0.717) is 0 Å². The normalized spacial score (nSPS) is 18.1. The summed E-state index contributed by atoms with van der Waals surface area (Å²) in [6.07, 6.45) is -10.0. The molecule has 0 spiro atoms. The Hall–Kier alpha value is 0.0700. The Kier molecular flexibility index (Phi) is 11.1. The molecule has 0 heterocycles. The van der Waals surface area contributed by atoms with Gasteiger partial charge in [0.25, 0.3) is 0 Å². The topological polar surface area (TPSA) is 293 Å². The number of carbonyl (C=O) groups is 1. The molecule has 4 atom stereocenters. The molecular weight excluding hydrogens is 496 g/mol. The van der Waals surface area contributed by atoms with E-state index in [2.05, 4.69) is 22.8 Å². The van der Waals surface area contributed by atoms with Gasteiger partial charge >= 0.3 is 31.3 Å². The number of methoxy groups -OCH3 is 1. The third-order valence-corrected chi connectivity index (χ3v) is 4.69. The lowest BCUT2D eigenvalue weighted by molar-refractivity contribution is -0.136. The van der Waals surface area contributed by atoms with Crippen molar-refractivity contribution < 1.29 is 85.0 Å². The van der Waals surface area contributed by atoms with E-state index >= 15 is 0 Å². The van der Waals surface area contributed by atoms with Gasteiger partial charge < -0.3 is 48.7 Å². The van der Waals surface area contributed by atoms with Crippen LogP contribution in [0, 0.1) is 0 Å². The van der Waals surface area contributed by atoms with Crippen molar-refractivity contribution in [1.29, 1.82) is 0 Å². The lowest BCUT2D eigenvalue weighted by Gasteiger charge is -2.34. The van der Waals surface area contributed by atoms with Gasteiger partial charge in [0, 0.05) is 7.11 Å². The highest BCUT2D eigenvalue weighted by Crippen LogP contribution is 2.48. The number of ether oxygens (including phenoxy) is 1. The van der Waals surface area contributed by atoms with Crippen molar-refractivity contribution in [3.8, 4) is 0 Å². The monoisotopic (exact) mass is 514 g/mol. The molecule has 0 saturated heterocycles. The third-order valence-electron chi connectivity index (χ3n) is 2.62. The smallest absolute Gasteiger partial charge is 0.371 e. The van der Waals surface area contributed by atoms with E-state index in [1.807, 2.05) is 0 Å². The Morgan fingerprint density at radius 3 is 1.45 bits per heavy atom. The van der Waals surface area contributed by atoms with Gasteiger partial charge in [-0.1, -0.05) is 0 Å². The molecule has 0 aromatic carbocycles. The number of aldehydes is 1. The van der Waals surface area contributed by atoms with Crippen molar-refractivity contribution in [3.05, 3.63) is 0 Å². The Morgan fingerprint density at radius 1 is 0.724 bits per heavy atom. The predicted molar refractivity (Wildman–Crippen MR) is 85.6 cm³/mol. The van der Waals surface area contributed by atoms with Crippen LogP contribution >= 0.6 is 31.3 Å². The molecule has 0 bridgehead atoms. The minimum Gasteiger partial charge on any atom is -0.371 e. The van der Waals surface area contributed by atoms with Crippen LogP contribution in [-0.2, 0) is 45.9 Å². The molecule has 174 valence electrons. The first-order chi connectivity index (χ1) is 12.8. The first-order valence-corrected chi connectivity index (χ1v) is 12.8. The maximum Gasteiger partial charge on any atom is 0.470 e. The van der Waals surface area contributed by atoms with E-state index < -0.39 is 62.3 Å². The summed E-state index contributed by atoms with van der Waals surface area (Å²) in [7, 11) is -21.4. The molecule has 0 rings (SSSR count). The molecule has 18 nitrogen and oxygen atoms in total. The summed E-state index contributed by atoms with van der Waals surface area (Å²) in [4.78, 5) is 82.3. The molecular formula is C7H18O18P4. The van der Waals surface area contributed by atoms with Crippen molar-refractivity contribution in [2.75, 3.05) is 13.7 Å². The molecule has 0 radical (unpaired) electrons. The second-order valence-corrected chi connectivity index (χ2v) is 9.69. The first-order valence-electron chi connectivity index (χ1n) is 6.68. The van der Waals surface area contributed by atoms with E-state index in [-0.39, 0.29) is 6.29 Å². The summed E-state index contributed by atoms with van der Waals surface area (Å²) < 4.78 is 65.3. The molecule has 0 aliphatic rings. The van der Waals surface area contributed by atoms with Gasteiger partial charge in [-0.25, -0.2) is 18.3 Å². The van der Waals surface area contributed by atoms with Gasteiger partial charge in [-0.3, -0.25) is 18.1 Å². The number of hydrogen-bond acceptors (Lipinski definition) is 10. The standard InChI is InChI=1S/C7H18O18P4/c1-21-4(2-8)6(24-28(15,16)17)7(25-29(18,19)20)5(23-27(12,13)14)3-22-26(9,10)11/h2,4-7H,3H2,1H3,(H2,9,10,11)(H2,12,13,14)(H2,15,16,17)(H2,18,19,20)/t4-,5-,6-,7-/m1/s1. The maximum atomic E-state index is 11.2. The molecule has 29 heavy (non-hydrogen) atoms. The highest BCUT2D eigenvalue weighted by molar-refractivity contribution is 7.47. The van der Waals surface area contributed by atoms with Crippen LogP contribution in [0.25, 0.3) is 0 Å². The van der Waals surface area contributed by atoms with Gasteiger partial charge in [0.05, 0.1) is 6.61 Å². The molecule has 0 fully saturated rings. The predicted octanol–water partition coefficient (Wildman–Crippen LogP) is -2.26. The van der Waals surface area contributed by atoms with Gasteiger partial charge in [-0.15, -0.1) is 0 Å². The van der Waals surface area contributed by atoms with E-state index in [1.54, 1.807) is 0 Å². The van der Waals surface area contributed by atoms with E-state index in [9.17, 15) is 23.1 Å². The van der Waals surface area contributed by atoms with Crippen LogP contribution in [0.4, 0.5) is 0 Å². The summed E-state index contributed by atoms with van der Waals surface area (Å²) in [5.74, 6) is 0.